The van der Waals surface area contributed by atoms with Gasteiger partial charge in [0.2, 0.25) is 0 Å². The van der Waals surface area contributed by atoms with Gasteiger partial charge in [0.1, 0.15) is 0 Å². The van der Waals surface area contributed by atoms with Crippen molar-refractivity contribution in [1.82, 2.24) is 4.90 Å². The number of likely N-dealkylation sites (tertiary alicyclic amines) is 1. The summed E-state index contributed by atoms with van der Waals surface area (Å²) >= 11 is 0. The van der Waals surface area contributed by atoms with Crippen molar-refractivity contribution in [3.8, 4) is 11.1 Å². The monoisotopic (exact) mass is 489 g/mol. The van der Waals surface area contributed by atoms with E-state index in [-0.39, 0.29) is 6.42 Å². The number of unbranched alkanes of at least 4 members (excludes halogenated alkanes) is 2. The minimum absolute atomic E-state index is 0.279. The van der Waals surface area contributed by atoms with E-state index in [1.54, 1.807) is 0 Å². The van der Waals surface area contributed by atoms with E-state index in [2.05, 4.69) is 71.6 Å². The van der Waals surface area contributed by atoms with Crippen molar-refractivity contribution in [3.63, 3.8) is 0 Å². The summed E-state index contributed by atoms with van der Waals surface area (Å²) in [5, 5.41) is 8.77. The molecule has 1 aliphatic carbocycles. The van der Waals surface area contributed by atoms with E-state index in [0.717, 1.165) is 32.1 Å². The zero-order valence-electron chi connectivity index (χ0n) is 21.7. The van der Waals surface area contributed by atoms with Crippen molar-refractivity contribution in [2.24, 2.45) is 5.92 Å². The van der Waals surface area contributed by atoms with Gasteiger partial charge in [-0.05, 0) is 87.6 Å². The van der Waals surface area contributed by atoms with Gasteiger partial charge in [0.05, 0.1) is 12.7 Å². The summed E-state index contributed by atoms with van der Waals surface area (Å²) in [7, 11) is 0. The van der Waals surface area contributed by atoms with E-state index in [4.69, 9.17) is 9.84 Å². The first-order chi connectivity index (χ1) is 17.7. The number of nitrogens with zero attached hydrogens (tertiary/aromatic N) is 1. The van der Waals surface area contributed by atoms with Gasteiger partial charge in [0.25, 0.3) is 0 Å². The van der Waals surface area contributed by atoms with Crippen LogP contribution in [-0.4, -0.2) is 41.2 Å². The Hall–Kier alpha value is -2.43. The molecule has 3 atom stereocenters. The molecular formula is C32H43NO3. The van der Waals surface area contributed by atoms with E-state index in [1.807, 2.05) is 0 Å². The molecule has 2 aromatic rings. The fourth-order valence-corrected chi connectivity index (χ4v) is 5.99. The predicted molar refractivity (Wildman–Crippen MR) is 147 cm³/mol. The number of piperidine rings is 1. The lowest BCUT2D eigenvalue weighted by Gasteiger charge is -2.37. The van der Waals surface area contributed by atoms with Gasteiger partial charge < -0.3 is 14.7 Å². The lowest BCUT2D eigenvalue weighted by atomic mass is 9.93. The fraction of sp³-hybridized carbons (Fsp3) is 0.531. The van der Waals surface area contributed by atoms with Crippen LogP contribution in [0.4, 0.5) is 0 Å². The van der Waals surface area contributed by atoms with Gasteiger partial charge in [-0.3, -0.25) is 4.79 Å². The Balaban J connectivity index is 1.29. The SMILES string of the molecule is O=C(O)CCCC/C=C\CC[C@H]1[C@@H](OCc2ccc(-c3ccccc3)cc2)CC[C@@H]1N1CCCCC1. The highest BCUT2D eigenvalue weighted by Crippen LogP contribution is 2.37. The molecule has 0 radical (unpaired) electrons. The smallest absolute Gasteiger partial charge is 0.303 e. The first-order valence-corrected chi connectivity index (χ1v) is 14.1. The molecule has 36 heavy (non-hydrogen) atoms. The second-order valence-corrected chi connectivity index (χ2v) is 10.5. The molecule has 1 saturated carbocycles. The quantitative estimate of drug-likeness (QED) is 0.234. The highest BCUT2D eigenvalue weighted by Gasteiger charge is 2.39. The van der Waals surface area contributed by atoms with Crippen LogP contribution in [0.5, 0.6) is 0 Å². The minimum Gasteiger partial charge on any atom is -0.481 e. The third-order valence-corrected chi connectivity index (χ3v) is 7.95. The second-order valence-electron chi connectivity index (χ2n) is 10.5. The largest absolute Gasteiger partial charge is 0.481 e. The molecule has 0 unspecified atom stereocenters. The molecule has 1 N–H and O–H groups in total. The van der Waals surface area contributed by atoms with Crippen LogP contribution < -0.4 is 0 Å². The van der Waals surface area contributed by atoms with Crippen molar-refractivity contribution in [3.05, 3.63) is 72.3 Å². The number of hydrogen-bond acceptors (Lipinski definition) is 3. The van der Waals surface area contributed by atoms with E-state index < -0.39 is 5.97 Å². The molecule has 4 rings (SSSR count). The Morgan fingerprint density at radius 3 is 2.36 bits per heavy atom. The molecule has 4 nitrogen and oxygen atoms in total. The van der Waals surface area contributed by atoms with Gasteiger partial charge in [-0.15, -0.1) is 0 Å². The Kier molecular flexibility index (Phi) is 10.6. The zero-order chi connectivity index (χ0) is 25.0. The zero-order valence-corrected chi connectivity index (χ0v) is 21.7. The maximum atomic E-state index is 10.7. The second kappa shape index (κ2) is 14.3. The lowest BCUT2D eigenvalue weighted by Crippen LogP contribution is -2.43. The number of carboxylic acids is 1. The van der Waals surface area contributed by atoms with Crippen molar-refractivity contribution in [2.45, 2.75) is 89.4 Å². The normalized spacial score (nSPS) is 22.8. The number of aliphatic carboxylic acids is 1. The molecule has 4 heteroatoms. The molecule has 0 aromatic heterocycles. The Morgan fingerprint density at radius 2 is 1.61 bits per heavy atom. The van der Waals surface area contributed by atoms with Crippen LogP contribution >= 0.6 is 0 Å². The molecule has 0 amide bonds. The van der Waals surface area contributed by atoms with E-state index in [1.165, 1.54) is 61.9 Å². The van der Waals surface area contributed by atoms with Crippen LogP contribution in [-0.2, 0) is 16.1 Å². The van der Waals surface area contributed by atoms with Crippen molar-refractivity contribution in [1.29, 1.82) is 0 Å². The summed E-state index contributed by atoms with van der Waals surface area (Å²) in [6.07, 6.45) is 16.6. The van der Waals surface area contributed by atoms with Crippen LogP contribution in [0, 0.1) is 5.92 Å². The number of rotatable bonds is 13. The van der Waals surface area contributed by atoms with Gasteiger partial charge in [-0.2, -0.15) is 0 Å². The number of carbonyl (C=O) groups is 1. The average molecular weight is 490 g/mol. The molecule has 2 fully saturated rings. The molecule has 1 aliphatic heterocycles. The van der Waals surface area contributed by atoms with Gasteiger partial charge >= 0.3 is 5.97 Å². The van der Waals surface area contributed by atoms with Gasteiger partial charge in [-0.25, -0.2) is 0 Å². The Morgan fingerprint density at radius 1 is 0.889 bits per heavy atom. The highest BCUT2D eigenvalue weighted by molar-refractivity contribution is 5.66. The molecule has 0 spiro atoms. The Bertz CT molecular complexity index is 934. The van der Waals surface area contributed by atoms with Crippen LogP contribution in [0.25, 0.3) is 11.1 Å². The third-order valence-electron chi connectivity index (χ3n) is 7.95. The van der Waals surface area contributed by atoms with Crippen molar-refractivity contribution in [2.75, 3.05) is 13.1 Å². The molecule has 1 saturated heterocycles. The lowest BCUT2D eigenvalue weighted by molar-refractivity contribution is -0.137. The van der Waals surface area contributed by atoms with Crippen LogP contribution in [0.15, 0.2) is 66.7 Å². The number of carboxylic acid groups (broad SMARTS) is 1. The molecule has 0 bridgehead atoms. The summed E-state index contributed by atoms with van der Waals surface area (Å²) in [6.45, 7) is 3.17. The Labute approximate surface area is 217 Å². The molecule has 1 heterocycles. The van der Waals surface area contributed by atoms with Crippen LogP contribution in [0.2, 0.25) is 0 Å². The molecule has 194 valence electrons. The average Bonchev–Trinajstić information content (AvgIpc) is 3.32. The molecular weight excluding hydrogens is 446 g/mol. The summed E-state index contributed by atoms with van der Waals surface area (Å²) in [6, 6.07) is 20.0. The third kappa shape index (κ3) is 8.04. The van der Waals surface area contributed by atoms with E-state index in [9.17, 15) is 4.79 Å². The summed E-state index contributed by atoms with van der Waals surface area (Å²) in [5.41, 5.74) is 3.74. The standard InChI is InChI=1S/C32H43NO3/c34-32(35)16-10-4-2-1-3-9-15-29-30(33-23-11-6-12-24-33)21-22-31(29)36-25-26-17-19-28(20-18-26)27-13-7-5-8-14-27/h1,3,5,7-8,13-14,17-20,29-31H,2,4,6,9-12,15-16,21-25H2,(H,34,35)/b3-1-/t29-,30+,31+/m1/s1. The van der Waals surface area contributed by atoms with Gasteiger partial charge in [0, 0.05) is 18.4 Å². The summed E-state index contributed by atoms with van der Waals surface area (Å²) < 4.78 is 6.59. The summed E-state index contributed by atoms with van der Waals surface area (Å²) in [4.78, 5) is 13.4. The predicted octanol–water partition coefficient (Wildman–Crippen LogP) is 7.48. The maximum Gasteiger partial charge on any atom is 0.303 e. The first kappa shape index (κ1) is 26.6. The van der Waals surface area contributed by atoms with E-state index in [0.29, 0.717) is 24.7 Å². The molecule has 2 aliphatic rings. The topological polar surface area (TPSA) is 49.8 Å². The number of ether oxygens (including phenoxy) is 1. The van der Waals surface area contributed by atoms with Gasteiger partial charge in [0.15, 0.2) is 0 Å². The number of hydrogen-bond donors (Lipinski definition) is 1. The van der Waals surface area contributed by atoms with Crippen molar-refractivity contribution < 1.29 is 14.6 Å². The van der Waals surface area contributed by atoms with Gasteiger partial charge in [-0.1, -0.05) is 73.2 Å². The van der Waals surface area contributed by atoms with E-state index >= 15 is 0 Å². The number of benzene rings is 2. The minimum atomic E-state index is -0.692. The van der Waals surface area contributed by atoms with Crippen LogP contribution in [0.3, 0.4) is 0 Å². The molecule has 2 aromatic carbocycles. The first-order valence-electron chi connectivity index (χ1n) is 14.1. The fourth-order valence-electron chi connectivity index (χ4n) is 5.99. The van der Waals surface area contributed by atoms with Crippen molar-refractivity contribution >= 4 is 5.97 Å². The number of allylic oxidation sites excluding steroid dienone is 2. The highest BCUT2D eigenvalue weighted by atomic mass is 16.5. The maximum absolute atomic E-state index is 10.7. The van der Waals surface area contributed by atoms with Crippen LogP contribution in [0.1, 0.15) is 76.2 Å². The summed E-state index contributed by atoms with van der Waals surface area (Å²) in [5.74, 6) is -0.106.